The molecule has 20 heavy (non-hydrogen) atoms. The van der Waals surface area contributed by atoms with Crippen molar-refractivity contribution in [1.82, 2.24) is 0 Å². The molecule has 1 saturated heterocycles. The molecule has 0 aromatic heterocycles. The Hall–Kier alpha value is -1.97. The Morgan fingerprint density at radius 3 is 2.65 bits per heavy atom. The first kappa shape index (κ1) is 14.4. The van der Waals surface area contributed by atoms with Gasteiger partial charge in [-0.1, -0.05) is 12.1 Å². The smallest absolute Gasteiger partial charge is 0.316 e. The molecule has 2 rings (SSSR count). The highest BCUT2D eigenvalue weighted by atomic mass is 16.5. The number of carbonyl (C=O) groups is 1. The molecule has 0 saturated carbocycles. The molecule has 0 radical (unpaired) electrons. The molecule has 1 aliphatic rings. The molecule has 0 unspecified atom stereocenters. The zero-order chi connectivity index (χ0) is 14.6. The molecule has 0 amide bonds. The number of rotatable bonds is 6. The van der Waals surface area contributed by atoms with Crippen molar-refractivity contribution >= 4 is 5.97 Å². The van der Waals surface area contributed by atoms with Crippen LogP contribution in [0.5, 0.6) is 11.5 Å². The van der Waals surface area contributed by atoms with Crippen LogP contribution in [0.3, 0.4) is 0 Å². The first-order valence-corrected chi connectivity index (χ1v) is 6.68. The van der Waals surface area contributed by atoms with Crippen LogP contribution in [0.15, 0.2) is 30.9 Å². The van der Waals surface area contributed by atoms with Crippen LogP contribution in [0.25, 0.3) is 0 Å². The van der Waals surface area contributed by atoms with Crippen molar-refractivity contribution < 1.29 is 19.0 Å². The number of allylic oxidation sites excluding steroid dienone is 1. The number of hydrogen-bond acceptors (Lipinski definition) is 4. The van der Waals surface area contributed by atoms with Crippen LogP contribution in [0.4, 0.5) is 0 Å². The summed E-state index contributed by atoms with van der Waals surface area (Å²) in [7, 11) is 3.18. The standard InChI is InChI=1S/C16H20O4/c1-4-5-8-16(9-10-20-15(16)17)12-6-7-13(18-2)14(11-12)19-3/h4,6-7,11H,1,5,8-10H2,2-3H3/t16-/m0/s1. The van der Waals surface area contributed by atoms with Crippen molar-refractivity contribution in [2.75, 3.05) is 20.8 Å². The van der Waals surface area contributed by atoms with Gasteiger partial charge in [0.05, 0.1) is 26.2 Å². The lowest BCUT2D eigenvalue weighted by Crippen LogP contribution is -2.31. The third-order valence-electron chi connectivity index (χ3n) is 3.86. The Kier molecular flexibility index (Phi) is 4.32. The number of cyclic esters (lactones) is 1. The number of esters is 1. The van der Waals surface area contributed by atoms with Gasteiger partial charge in [-0.3, -0.25) is 4.79 Å². The van der Waals surface area contributed by atoms with E-state index in [4.69, 9.17) is 14.2 Å². The molecule has 4 nitrogen and oxygen atoms in total. The van der Waals surface area contributed by atoms with Crippen molar-refractivity contribution in [2.24, 2.45) is 0 Å². The molecule has 0 N–H and O–H groups in total. The topological polar surface area (TPSA) is 44.8 Å². The van der Waals surface area contributed by atoms with Gasteiger partial charge < -0.3 is 14.2 Å². The predicted molar refractivity (Wildman–Crippen MR) is 76.2 cm³/mol. The van der Waals surface area contributed by atoms with Crippen LogP contribution in [-0.2, 0) is 14.9 Å². The molecule has 4 heteroatoms. The third kappa shape index (κ3) is 2.38. The van der Waals surface area contributed by atoms with Crippen LogP contribution in [0.1, 0.15) is 24.8 Å². The van der Waals surface area contributed by atoms with E-state index < -0.39 is 5.41 Å². The minimum Gasteiger partial charge on any atom is -0.493 e. The van der Waals surface area contributed by atoms with E-state index in [-0.39, 0.29) is 5.97 Å². The van der Waals surface area contributed by atoms with Gasteiger partial charge in [-0.25, -0.2) is 0 Å². The van der Waals surface area contributed by atoms with E-state index in [0.717, 1.165) is 12.0 Å². The second-order valence-corrected chi connectivity index (χ2v) is 4.87. The zero-order valence-electron chi connectivity index (χ0n) is 12.0. The Morgan fingerprint density at radius 2 is 2.10 bits per heavy atom. The van der Waals surface area contributed by atoms with Gasteiger partial charge in [0.2, 0.25) is 0 Å². The number of methoxy groups -OCH3 is 2. The summed E-state index contributed by atoms with van der Waals surface area (Å²) in [4.78, 5) is 12.2. The van der Waals surface area contributed by atoms with Gasteiger partial charge in [0, 0.05) is 6.42 Å². The summed E-state index contributed by atoms with van der Waals surface area (Å²) in [5, 5.41) is 0. The van der Waals surface area contributed by atoms with Gasteiger partial charge in [0.1, 0.15) is 0 Å². The van der Waals surface area contributed by atoms with Gasteiger partial charge in [-0.05, 0) is 30.5 Å². The van der Waals surface area contributed by atoms with Crippen molar-refractivity contribution in [1.29, 1.82) is 0 Å². The lowest BCUT2D eigenvalue weighted by atomic mass is 9.75. The number of carbonyl (C=O) groups excluding carboxylic acids is 1. The molecule has 1 atom stereocenters. The summed E-state index contributed by atoms with van der Waals surface area (Å²) in [6, 6.07) is 5.61. The molecule has 108 valence electrons. The molecule has 1 fully saturated rings. The maximum Gasteiger partial charge on any atom is 0.316 e. The first-order valence-electron chi connectivity index (χ1n) is 6.68. The van der Waals surface area contributed by atoms with E-state index >= 15 is 0 Å². The van der Waals surface area contributed by atoms with Gasteiger partial charge in [-0.15, -0.1) is 6.58 Å². The number of benzene rings is 1. The fourth-order valence-electron chi connectivity index (χ4n) is 2.67. The summed E-state index contributed by atoms with van der Waals surface area (Å²) < 4.78 is 15.8. The van der Waals surface area contributed by atoms with E-state index in [1.807, 2.05) is 24.3 Å². The number of hydrogen-bond donors (Lipinski definition) is 0. The summed E-state index contributed by atoms with van der Waals surface area (Å²) >= 11 is 0. The average Bonchev–Trinajstić information content (AvgIpc) is 2.86. The summed E-state index contributed by atoms with van der Waals surface area (Å²) in [5.41, 5.74) is 0.327. The quantitative estimate of drug-likeness (QED) is 0.592. The van der Waals surface area contributed by atoms with Crippen molar-refractivity contribution in [2.45, 2.75) is 24.7 Å². The molecule has 1 aromatic carbocycles. The second kappa shape index (κ2) is 5.99. The van der Waals surface area contributed by atoms with Gasteiger partial charge in [0.15, 0.2) is 11.5 Å². The Bertz CT molecular complexity index is 509. The SMILES string of the molecule is C=CCC[C@@]1(c2ccc(OC)c(OC)c2)CCOC1=O. The molecule has 0 aliphatic carbocycles. The van der Waals surface area contributed by atoms with E-state index in [9.17, 15) is 4.79 Å². The van der Waals surface area contributed by atoms with Crippen LogP contribution in [-0.4, -0.2) is 26.8 Å². The van der Waals surface area contributed by atoms with Gasteiger partial charge >= 0.3 is 5.97 Å². The maximum atomic E-state index is 12.2. The molecular formula is C16H20O4. The molecular weight excluding hydrogens is 256 g/mol. The predicted octanol–water partition coefficient (Wildman–Crippen LogP) is 2.85. The number of ether oxygens (including phenoxy) is 3. The van der Waals surface area contributed by atoms with Crippen molar-refractivity contribution in [3.05, 3.63) is 36.4 Å². The van der Waals surface area contributed by atoms with E-state index in [0.29, 0.717) is 30.9 Å². The van der Waals surface area contributed by atoms with Gasteiger partial charge in [-0.2, -0.15) is 0 Å². The maximum absolute atomic E-state index is 12.2. The minimum absolute atomic E-state index is 0.161. The van der Waals surface area contributed by atoms with E-state index in [1.165, 1.54) is 0 Å². The lowest BCUT2D eigenvalue weighted by Gasteiger charge is -2.25. The van der Waals surface area contributed by atoms with Crippen LogP contribution < -0.4 is 9.47 Å². The van der Waals surface area contributed by atoms with Crippen molar-refractivity contribution in [3.63, 3.8) is 0 Å². The largest absolute Gasteiger partial charge is 0.493 e. The fraction of sp³-hybridized carbons (Fsp3) is 0.438. The highest BCUT2D eigenvalue weighted by molar-refractivity contribution is 5.85. The van der Waals surface area contributed by atoms with Gasteiger partial charge in [0.25, 0.3) is 0 Å². The monoisotopic (exact) mass is 276 g/mol. The normalized spacial score (nSPS) is 21.4. The fourth-order valence-corrected chi connectivity index (χ4v) is 2.67. The van der Waals surface area contributed by atoms with Crippen LogP contribution >= 0.6 is 0 Å². The first-order chi connectivity index (χ1) is 9.67. The van der Waals surface area contributed by atoms with Crippen LogP contribution in [0.2, 0.25) is 0 Å². The molecule has 1 aromatic rings. The highest BCUT2D eigenvalue weighted by Crippen LogP contribution is 2.41. The third-order valence-corrected chi connectivity index (χ3v) is 3.86. The Morgan fingerprint density at radius 1 is 1.35 bits per heavy atom. The lowest BCUT2D eigenvalue weighted by molar-refractivity contribution is -0.143. The zero-order valence-corrected chi connectivity index (χ0v) is 12.0. The second-order valence-electron chi connectivity index (χ2n) is 4.87. The average molecular weight is 276 g/mol. The van der Waals surface area contributed by atoms with E-state index in [2.05, 4.69) is 6.58 Å². The molecule has 0 bridgehead atoms. The van der Waals surface area contributed by atoms with Crippen LogP contribution in [0, 0.1) is 0 Å². The Balaban J connectivity index is 2.43. The minimum atomic E-state index is -0.590. The van der Waals surface area contributed by atoms with E-state index in [1.54, 1.807) is 14.2 Å². The summed E-state index contributed by atoms with van der Waals surface area (Å²) in [6.07, 6.45) is 3.98. The molecule has 1 heterocycles. The Labute approximate surface area is 119 Å². The molecule has 0 spiro atoms. The molecule has 1 aliphatic heterocycles. The summed E-state index contributed by atoms with van der Waals surface area (Å²) in [5.74, 6) is 1.12. The van der Waals surface area contributed by atoms with Crippen molar-refractivity contribution in [3.8, 4) is 11.5 Å². The summed E-state index contributed by atoms with van der Waals surface area (Å²) in [6.45, 7) is 4.20. The highest BCUT2D eigenvalue weighted by Gasteiger charge is 2.45.